The highest BCUT2D eigenvalue weighted by molar-refractivity contribution is 7.89. The Hall–Kier alpha value is -2.69. The van der Waals surface area contributed by atoms with Gasteiger partial charge in [0.2, 0.25) is 10.0 Å². The first-order valence-corrected chi connectivity index (χ1v) is 10.7. The number of nitro groups is 1. The van der Waals surface area contributed by atoms with Crippen LogP contribution in [0.1, 0.15) is 5.56 Å². The molecule has 2 aromatic rings. The molecule has 1 aliphatic rings. The summed E-state index contributed by atoms with van der Waals surface area (Å²) in [7, 11) is -1.86. The molecule has 29 heavy (non-hydrogen) atoms. The van der Waals surface area contributed by atoms with Gasteiger partial charge < -0.3 is 15.3 Å². The molecule has 1 aliphatic heterocycles. The predicted molar refractivity (Wildman–Crippen MR) is 110 cm³/mol. The fourth-order valence-electron chi connectivity index (χ4n) is 3.20. The predicted octanol–water partition coefficient (Wildman–Crippen LogP) is 1.89. The molecule has 9 nitrogen and oxygen atoms in total. The van der Waals surface area contributed by atoms with Crippen LogP contribution in [0, 0.1) is 10.1 Å². The number of piperazine rings is 1. The van der Waals surface area contributed by atoms with E-state index in [0.29, 0.717) is 39.1 Å². The van der Waals surface area contributed by atoms with E-state index in [2.05, 4.69) is 5.32 Å². The van der Waals surface area contributed by atoms with Crippen LogP contribution in [0.2, 0.25) is 0 Å². The number of hydrogen-bond acceptors (Lipinski definition) is 7. The number of rotatable bonds is 7. The van der Waals surface area contributed by atoms with Crippen molar-refractivity contribution in [2.24, 2.45) is 0 Å². The second-order valence-corrected chi connectivity index (χ2v) is 8.93. The standard InChI is InChI=1S/C19H24N4O5S/c1-21-9-11-22(12-10-21)29(27,28)17-5-6-18(19(14-17)23(25)26)20-8-7-15-3-2-4-16(24)13-15/h2-6,13-14,20,24H,7-12H2,1H3. The van der Waals surface area contributed by atoms with Gasteiger partial charge in [0.25, 0.3) is 5.69 Å². The van der Waals surface area contributed by atoms with Crippen molar-refractivity contribution < 1.29 is 18.4 Å². The number of aromatic hydroxyl groups is 1. The van der Waals surface area contributed by atoms with Crippen molar-refractivity contribution in [2.45, 2.75) is 11.3 Å². The molecule has 1 fully saturated rings. The molecule has 156 valence electrons. The van der Waals surface area contributed by atoms with Crippen molar-refractivity contribution in [1.82, 2.24) is 9.21 Å². The van der Waals surface area contributed by atoms with Gasteiger partial charge in [-0.25, -0.2) is 8.42 Å². The second kappa shape index (κ2) is 8.76. The van der Waals surface area contributed by atoms with E-state index in [1.807, 2.05) is 18.0 Å². The van der Waals surface area contributed by atoms with Gasteiger partial charge in [-0.3, -0.25) is 10.1 Å². The Balaban J connectivity index is 1.75. The van der Waals surface area contributed by atoms with Gasteiger partial charge in [-0.05, 0) is 43.3 Å². The SMILES string of the molecule is CN1CCN(S(=O)(=O)c2ccc(NCCc3cccc(O)c3)c([N+](=O)[O-])c2)CC1. The van der Waals surface area contributed by atoms with E-state index in [1.165, 1.54) is 16.4 Å². The Morgan fingerprint density at radius 2 is 1.86 bits per heavy atom. The quantitative estimate of drug-likeness (QED) is 0.519. The summed E-state index contributed by atoms with van der Waals surface area (Å²) in [5.41, 5.74) is 0.859. The number of nitro benzene ring substituents is 1. The van der Waals surface area contributed by atoms with Crippen LogP contribution >= 0.6 is 0 Å². The van der Waals surface area contributed by atoms with Crippen LogP contribution in [-0.4, -0.2) is 67.4 Å². The van der Waals surface area contributed by atoms with Gasteiger partial charge >= 0.3 is 0 Å². The smallest absolute Gasteiger partial charge is 0.293 e. The number of nitrogens with zero attached hydrogens (tertiary/aromatic N) is 3. The van der Waals surface area contributed by atoms with Crippen molar-refractivity contribution in [3.05, 3.63) is 58.1 Å². The molecule has 0 spiro atoms. The average Bonchev–Trinajstić information content (AvgIpc) is 2.68. The van der Waals surface area contributed by atoms with Crippen LogP contribution < -0.4 is 5.32 Å². The molecule has 0 unspecified atom stereocenters. The molecule has 2 aromatic carbocycles. The third-order valence-electron chi connectivity index (χ3n) is 4.91. The van der Waals surface area contributed by atoms with Crippen molar-refractivity contribution in [2.75, 3.05) is 45.1 Å². The molecule has 0 amide bonds. The van der Waals surface area contributed by atoms with E-state index < -0.39 is 14.9 Å². The third-order valence-corrected chi connectivity index (χ3v) is 6.80. The minimum atomic E-state index is -3.78. The highest BCUT2D eigenvalue weighted by atomic mass is 32.2. The Morgan fingerprint density at radius 3 is 2.52 bits per heavy atom. The number of sulfonamides is 1. The fourth-order valence-corrected chi connectivity index (χ4v) is 4.65. The zero-order chi connectivity index (χ0) is 21.0. The third kappa shape index (κ3) is 5.03. The molecule has 0 atom stereocenters. The lowest BCUT2D eigenvalue weighted by molar-refractivity contribution is -0.384. The van der Waals surface area contributed by atoms with Gasteiger partial charge in [-0.2, -0.15) is 4.31 Å². The topological polar surface area (TPSA) is 116 Å². The molecule has 1 heterocycles. The summed E-state index contributed by atoms with van der Waals surface area (Å²) in [5.74, 6) is 0.159. The van der Waals surface area contributed by atoms with Gasteiger partial charge in [0, 0.05) is 38.8 Å². The molecule has 0 radical (unpaired) electrons. The van der Waals surface area contributed by atoms with Gasteiger partial charge in [0.1, 0.15) is 11.4 Å². The number of phenols is 1. The molecule has 0 aromatic heterocycles. The van der Waals surface area contributed by atoms with Crippen LogP contribution in [0.4, 0.5) is 11.4 Å². The highest BCUT2D eigenvalue weighted by Gasteiger charge is 2.29. The zero-order valence-corrected chi connectivity index (χ0v) is 16.9. The highest BCUT2D eigenvalue weighted by Crippen LogP contribution is 2.29. The van der Waals surface area contributed by atoms with E-state index >= 15 is 0 Å². The van der Waals surface area contributed by atoms with Gasteiger partial charge in [0.15, 0.2) is 0 Å². The van der Waals surface area contributed by atoms with E-state index in [1.54, 1.807) is 18.2 Å². The average molecular weight is 420 g/mol. The molecular formula is C19H24N4O5S. The van der Waals surface area contributed by atoms with Crippen LogP contribution in [0.15, 0.2) is 47.4 Å². The minimum absolute atomic E-state index is 0.0766. The number of hydrogen-bond donors (Lipinski definition) is 2. The number of anilines is 1. The molecule has 0 aliphatic carbocycles. The summed E-state index contributed by atoms with van der Waals surface area (Å²) >= 11 is 0. The monoisotopic (exact) mass is 420 g/mol. The van der Waals surface area contributed by atoms with Gasteiger partial charge in [-0.15, -0.1) is 0 Å². The maximum absolute atomic E-state index is 12.9. The van der Waals surface area contributed by atoms with Crippen molar-refractivity contribution >= 4 is 21.4 Å². The maximum atomic E-state index is 12.9. The van der Waals surface area contributed by atoms with Crippen LogP contribution in [0.25, 0.3) is 0 Å². The summed E-state index contributed by atoms with van der Waals surface area (Å²) in [4.78, 5) is 12.9. The van der Waals surface area contributed by atoms with E-state index in [0.717, 1.165) is 11.6 Å². The van der Waals surface area contributed by atoms with Crippen LogP contribution in [0.3, 0.4) is 0 Å². The summed E-state index contributed by atoms with van der Waals surface area (Å²) in [6, 6.07) is 10.7. The van der Waals surface area contributed by atoms with E-state index in [4.69, 9.17) is 0 Å². The summed E-state index contributed by atoms with van der Waals surface area (Å²) < 4.78 is 27.1. The Morgan fingerprint density at radius 1 is 1.14 bits per heavy atom. The number of likely N-dealkylation sites (N-methyl/N-ethyl adjacent to an activating group) is 1. The van der Waals surface area contributed by atoms with Crippen molar-refractivity contribution in [3.63, 3.8) is 0 Å². The van der Waals surface area contributed by atoms with E-state index in [9.17, 15) is 23.6 Å². The van der Waals surface area contributed by atoms with Gasteiger partial charge in [0.05, 0.1) is 9.82 Å². The normalized spacial score (nSPS) is 15.9. The van der Waals surface area contributed by atoms with Crippen LogP contribution in [-0.2, 0) is 16.4 Å². The zero-order valence-electron chi connectivity index (χ0n) is 16.1. The lowest BCUT2D eigenvalue weighted by Gasteiger charge is -2.31. The van der Waals surface area contributed by atoms with E-state index in [-0.39, 0.29) is 22.0 Å². The Kier molecular flexibility index (Phi) is 6.36. The van der Waals surface area contributed by atoms with Crippen molar-refractivity contribution in [1.29, 1.82) is 0 Å². The number of benzene rings is 2. The first kappa shape index (κ1) is 21.0. The maximum Gasteiger partial charge on any atom is 0.293 e. The molecular weight excluding hydrogens is 396 g/mol. The van der Waals surface area contributed by atoms with Crippen LogP contribution in [0.5, 0.6) is 5.75 Å². The first-order valence-electron chi connectivity index (χ1n) is 9.26. The minimum Gasteiger partial charge on any atom is -0.508 e. The second-order valence-electron chi connectivity index (χ2n) is 6.99. The molecule has 3 rings (SSSR count). The lowest BCUT2D eigenvalue weighted by Crippen LogP contribution is -2.47. The Labute approximate surface area is 169 Å². The fraction of sp³-hybridized carbons (Fsp3) is 0.368. The Bertz CT molecular complexity index is 988. The first-order chi connectivity index (χ1) is 13.8. The number of nitrogens with one attached hydrogen (secondary N) is 1. The van der Waals surface area contributed by atoms with Gasteiger partial charge in [-0.1, -0.05) is 12.1 Å². The lowest BCUT2D eigenvalue weighted by atomic mass is 10.1. The molecule has 0 saturated carbocycles. The summed E-state index contributed by atoms with van der Waals surface area (Å²) in [6.45, 7) is 2.36. The number of phenolic OH excluding ortho intramolecular Hbond substituents is 1. The molecule has 10 heteroatoms. The molecule has 2 N–H and O–H groups in total. The summed E-state index contributed by atoms with van der Waals surface area (Å²) in [5, 5.41) is 24.0. The molecule has 0 bridgehead atoms. The summed E-state index contributed by atoms with van der Waals surface area (Å²) in [6.07, 6.45) is 0.549. The largest absolute Gasteiger partial charge is 0.508 e. The molecule has 1 saturated heterocycles. The van der Waals surface area contributed by atoms with Crippen molar-refractivity contribution in [3.8, 4) is 5.75 Å².